The fourth-order valence-electron chi connectivity index (χ4n) is 1.87. The van der Waals surface area contributed by atoms with Gasteiger partial charge in [0.05, 0.1) is 17.8 Å². The van der Waals surface area contributed by atoms with Crippen LogP contribution in [0.2, 0.25) is 0 Å². The van der Waals surface area contributed by atoms with E-state index in [9.17, 15) is 44.6 Å². The van der Waals surface area contributed by atoms with Crippen LogP contribution in [0.3, 0.4) is 0 Å². The molecule has 0 fully saturated rings. The zero-order chi connectivity index (χ0) is 18.3. The Kier molecular flexibility index (Phi) is 7.14. The fourth-order valence-corrected chi connectivity index (χ4v) is 1.87. The molecule has 0 radical (unpaired) electrons. The third-order valence-corrected chi connectivity index (χ3v) is 2.87. The Balaban J connectivity index is 0.00000529. The molecule has 2 N–H and O–H groups in total. The summed E-state index contributed by atoms with van der Waals surface area (Å²) in [5.41, 5.74) is -4.84. The number of aliphatic hydroxyl groups excluding tert-OH is 2. The molecule has 3 unspecified atom stereocenters. The number of halogens is 9. The number of hydrogen-bond donors (Lipinski definition) is 2. The molecule has 0 spiro atoms. The minimum atomic E-state index is -5.65. The van der Waals surface area contributed by atoms with Gasteiger partial charge in [-0.25, -0.2) is 13.8 Å². The van der Waals surface area contributed by atoms with Gasteiger partial charge in [-0.1, -0.05) is 0 Å². The van der Waals surface area contributed by atoms with Crippen molar-refractivity contribution < 1.29 is 66.8 Å². The van der Waals surface area contributed by atoms with Crippen molar-refractivity contribution in [3.8, 4) is 0 Å². The van der Waals surface area contributed by atoms with Gasteiger partial charge in [-0.3, -0.25) is 0 Å². The van der Waals surface area contributed by atoms with E-state index in [1.807, 2.05) is 4.98 Å². The molecule has 24 heavy (non-hydrogen) atoms. The molecule has 3 nitrogen and oxygen atoms in total. The van der Waals surface area contributed by atoms with E-state index in [1.54, 1.807) is 0 Å². The average Bonchev–Trinajstić information content (AvgIpc) is 2.30. The van der Waals surface area contributed by atoms with Gasteiger partial charge in [-0.05, 0) is 6.92 Å². The summed E-state index contributed by atoms with van der Waals surface area (Å²) in [4.78, 5) is 1.96. The first kappa shape index (κ1) is 23.0. The molecule has 0 saturated carbocycles. The molecule has 0 bridgehead atoms. The van der Waals surface area contributed by atoms with Crippen LogP contribution in [0.4, 0.5) is 39.5 Å². The molecule has 1 aromatic rings. The maximum Gasteiger partial charge on any atom is 0.436 e. The predicted molar refractivity (Wildman–Crippen MR) is 55.3 cm³/mol. The van der Waals surface area contributed by atoms with Gasteiger partial charge >= 0.3 is 12.4 Å². The van der Waals surface area contributed by atoms with Crippen LogP contribution in [0.1, 0.15) is 24.3 Å². The summed E-state index contributed by atoms with van der Waals surface area (Å²) < 4.78 is 116. The first-order chi connectivity index (χ1) is 10.2. The molecule has 0 aliphatic carbocycles. The van der Waals surface area contributed by atoms with Gasteiger partial charge in [0.15, 0.2) is 17.3 Å². The SMILES string of the molecule is CC(O)C(C(O)c1c(F)c(F)nc(C(F)(F)F)c1F)C(F)(F)F.[Fe]. The van der Waals surface area contributed by atoms with Crippen molar-refractivity contribution in [2.45, 2.75) is 31.5 Å². The van der Waals surface area contributed by atoms with E-state index in [0.717, 1.165) is 0 Å². The Morgan fingerprint density at radius 3 is 1.71 bits per heavy atom. The molecule has 0 saturated heterocycles. The fraction of sp³-hybridized carbons (Fsp3) is 0.545. The van der Waals surface area contributed by atoms with Gasteiger partial charge in [0.1, 0.15) is 5.92 Å². The van der Waals surface area contributed by atoms with Gasteiger partial charge in [0.25, 0.3) is 0 Å². The van der Waals surface area contributed by atoms with Crippen LogP contribution < -0.4 is 0 Å². The summed E-state index contributed by atoms with van der Waals surface area (Å²) in [6.07, 6.45) is -16.9. The summed E-state index contributed by atoms with van der Waals surface area (Å²) in [6, 6.07) is 0. The number of aromatic nitrogens is 1. The average molecular weight is 413 g/mol. The monoisotopic (exact) mass is 413 g/mol. The third-order valence-electron chi connectivity index (χ3n) is 2.87. The first-order valence-corrected chi connectivity index (χ1v) is 5.74. The number of aliphatic hydroxyl groups is 2. The van der Waals surface area contributed by atoms with Crippen molar-refractivity contribution in [1.82, 2.24) is 4.98 Å². The molecule has 0 aromatic carbocycles. The zero-order valence-electron chi connectivity index (χ0n) is 11.3. The van der Waals surface area contributed by atoms with E-state index >= 15 is 0 Å². The summed E-state index contributed by atoms with van der Waals surface area (Å²) in [5.74, 6) is -11.0. The van der Waals surface area contributed by atoms with Gasteiger partial charge in [0.2, 0.25) is 5.95 Å². The molecule has 0 aliphatic rings. The second kappa shape index (κ2) is 7.46. The van der Waals surface area contributed by atoms with Crippen molar-refractivity contribution in [2.24, 2.45) is 5.92 Å². The van der Waals surface area contributed by atoms with Gasteiger partial charge in [0, 0.05) is 17.1 Å². The van der Waals surface area contributed by atoms with Crippen molar-refractivity contribution in [1.29, 1.82) is 0 Å². The molecular weight excluding hydrogens is 405 g/mol. The molecule has 3 atom stereocenters. The number of alkyl halides is 6. The molecule has 0 aliphatic heterocycles. The van der Waals surface area contributed by atoms with Crippen LogP contribution >= 0.6 is 0 Å². The summed E-state index contributed by atoms with van der Waals surface area (Å²) in [5, 5.41) is 18.4. The van der Waals surface area contributed by atoms with Crippen molar-refractivity contribution in [3.63, 3.8) is 0 Å². The molecule has 140 valence electrons. The first-order valence-electron chi connectivity index (χ1n) is 5.74. The zero-order valence-corrected chi connectivity index (χ0v) is 12.4. The molecule has 1 heterocycles. The van der Waals surface area contributed by atoms with E-state index in [-0.39, 0.29) is 17.1 Å². The molecule has 13 heteroatoms. The Hall–Kier alpha value is -1.04. The quantitative estimate of drug-likeness (QED) is 0.455. The van der Waals surface area contributed by atoms with E-state index < -0.39 is 59.3 Å². The van der Waals surface area contributed by atoms with Gasteiger partial charge < -0.3 is 10.2 Å². The van der Waals surface area contributed by atoms with E-state index in [2.05, 4.69) is 0 Å². The van der Waals surface area contributed by atoms with E-state index in [0.29, 0.717) is 6.92 Å². The van der Waals surface area contributed by atoms with Gasteiger partial charge in [-0.15, -0.1) is 0 Å². The Bertz CT molecular complexity index is 588. The summed E-state index contributed by atoms with van der Waals surface area (Å²) >= 11 is 0. The smallest absolute Gasteiger partial charge is 0.393 e. The maximum atomic E-state index is 13.7. The van der Waals surface area contributed by atoms with Crippen molar-refractivity contribution in [2.75, 3.05) is 0 Å². The minimum absolute atomic E-state index is 0. The van der Waals surface area contributed by atoms with E-state index in [4.69, 9.17) is 5.11 Å². The molecule has 1 rings (SSSR count). The van der Waals surface area contributed by atoms with Crippen LogP contribution in [-0.2, 0) is 23.2 Å². The van der Waals surface area contributed by atoms with Crippen molar-refractivity contribution >= 4 is 0 Å². The Morgan fingerprint density at radius 2 is 1.38 bits per heavy atom. The Labute approximate surface area is 139 Å². The number of hydrogen-bond acceptors (Lipinski definition) is 3. The minimum Gasteiger partial charge on any atom is -0.393 e. The summed E-state index contributed by atoms with van der Waals surface area (Å²) in [7, 11) is 0. The van der Waals surface area contributed by atoms with Crippen LogP contribution in [0, 0.1) is 23.5 Å². The van der Waals surface area contributed by atoms with Gasteiger partial charge in [-0.2, -0.15) is 30.7 Å². The van der Waals surface area contributed by atoms with Crippen LogP contribution in [0.5, 0.6) is 0 Å². The van der Waals surface area contributed by atoms with Crippen LogP contribution in [-0.4, -0.2) is 27.5 Å². The number of pyridine rings is 1. The second-order valence-corrected chi connectivity index (χ2v) is 4.54. The maximum absolute atomic E-state index is 13.7. The molecular formula is C11H8F9FeNO2. The standard InChI is InChI=1S/C11H8F9NO2.Fe/c1-2(22)4(10(15,16)17)7(23)3-5(12)8(11(18,19)20)21-9(14)6(3)13;/h2,4,7,22-23H,1H3;. The predicted octanol–water partition coefficient (Wildman–Crippen LogP) is 3.11. The number of rotatable bonds is 3. The Morgan fingerprint density at radius 1 is 0.917 bits per heavy atom. The third kappa shape index (κ3) is 4.52. The molecule has 1 aromatic heterocycles. The topological polar surface area (TPSA) is 53.4 Å². The summed E-state index contributed by atoms with van der Waals surface area (Å²) in [6.45, 7) is 0.486. The number of nitrogens with zero attached hydrogens (tertiary/aromatic N) is 1. The largest absolute Gasteiger partial charge is 0.436 e. The van der Waals surface area contributed by atoms with Crippen LogP contribution in [0.15, 0.2) is 0 Å². The van der Waals surface area contributed by atoms with Crippen LogP contribution in [0.25, 0.3) is 0 Å². The normalized spacial score (nSPS) is 16.3. The van der Waals surface area contributed by atoms with E-state index in [1.165, 1.54) is 0 Å². The second-order valence-electron chi connectivity index (χ2n) is 4.54. The molecule has 0 amide bonds. The van der Waals surface area contributed by atoms with Crippen molar-refractivity contribution in [3.05, 3.63) is 28.8 Å².